The predicted molar refractivity (Wildman–Crippen MR) is 63.0 cm³/mol. The fraction of sp³-hybridized carbons (Fsp3) is 0.778. The highest BCUT2D eigenvalue weighted by molar-refractivity contribution is 7.15. The molecule has 90 valence electrons. The summed E-state index contributed by atoms with van der Waals surface area (Å²) in [5.74, 6) is 5.26. The van der Waals surface area contributed by atoms with Gasteiger partial charge in [0.1, 0.15) is 5.01 Å². The van der Waals surface area contributed by atoms with Crippen molar-refractivity contribution in [3.63, 3.8) is 0 Å². The Balaban J connectivity index is 1.94. The molecule has 0 radical (unpaired) electrons. The maximum atomic E-state index is 5.65. The normalized spacial score (nSPS) is 20.9. The summed E-state index contributed by atoms with van der Waals surface area (Å²) in [6.07, 6.45) is 0. The van der Waals surface area contributed by atoms with E-state index in [1.165, 1.54) is 11.3 Å². The Morgan fingerprint density at radius 1 is 1.56 bits per heavy atom. The van der Waals surface area contributed by atoms with Crippen molar-refractivity contribution >= 4 is 16.5 Å². The third kappa shape index (κ3) is 2.88. The number of ether oxygens (including phenoxy) is 1. The highest BCUT2D eigenvalue weighted by Gasteiger charge is 2.27. The topological polar surface area (TPSA) is 76.3 Å². The van der Waals surface area contributed by atoms with Crippen LogP contribution in [0.1, 0.15) is 18.9 Å². The van der Waals surface area contributed by atoms with Gasteiger partial charge in [0.05, 0.1) is 18.8 Å². The molecule has 0 aliphatic carbocycles. The minimum Gasteiger partial charge on any atom is -0.373 e. The zero-order valence-electron chi connectivity index (χ0n) is 9.56. The van der Waals surface area contributed by atoms with Gasteiger partial charge in [-0.15, -0.1) is 10.2 Å². The highest BCUT2D eigenvalue weighted by Crippen LogP contribution is 2.20. The van der Waals surface area contributed by atoms with Crippen molar-refractivity contribution in [3.05, 3.63) is 5.01 Å². The maximum absolute atomic E-state index is 5.65. The molecule has 0 bridgehead atoms. The summed E-state index contributed by atoms with van der Waals surface area (Å²) in [6.45, 7) is 7.64. The van der Waals surface area contributed by atoms with Crippen LogP contribution in [0, 0.1) is 0 Å². The number of hydrazine groups is 1. The van der Waals surface area contributed by atoms with Gasteiger partial charge < -0.3 is 4.74 Å². The van der Waals surface area contributed by atoms with E-state index in [2.05, 4.69) is 34.4 Å². The van der Waals surface area contributed by atoms with Crippen molar-refractivity contribution < 1.29 is 4.74 Å². The smallest absolute Gasteiger partial charge is 0.219 e. The van der Waals surface area contributed by atoms with E-state index in [-0.39, 0.29) is 5.60 Å². The molecule has 16 heavy (non-hydrogen) atoms. The molecule has 6 nitrogen and oxygen atoms in total. The lowest BCUT2D eigenvalue weighted by Gasteiger charge is -2.37. The molecule has 0 spiro atoms. The van der Waals surface area contributed by atoms with Crippen LogP contribution in [0.2, 0.25) is 0 Å². The molecular weight excluding hydrogens is 226 g/mol. The summed E-state index contributed by atoms with van der Waals surface area (Å²) < 4.78 is 5.65. The first kappa shape index (κ1) is 11.7. The summed E-state index contributed by atoms with van der Waals surface area (Å²) in [6, 6.07) is 0. The van der Waals surface area contributed by atoms with E-state index < -0.39 is 0 Å². The Labute approximate surface area is 98.8 Å². The molecular formula is C9H17N5OS. The molecule has 1 aliphatic rings. The SMILES string of the molecule is CC1(C)CN(Cc2nnc(NN)s2)CCO1. The van der Waals surface area contributed by atoms with Crippen molar-refractivity contribution in [3.8, 4) is 0 Å². The number of nitrogens with two attached hydrogens (primary N) is 1. The summed E-state index contributed by atoms with van der Waals surface area (Å²) in [5.41, 5.74) is 2.43. The molecule has 0 aromatic carbocycles. The van der Waals surface area contributed by atoms with Crippen LogP contribution in [0.5, 0.6) is 0 Å². The third-order valence-electron chi connectivity index (χ3n) is 2.45. The Bertz CT molecular complexity index is 353. The zero-order chi connectivity index (χ0) is 11.6. The van der Waals surface area contributed by atoms with Gasteiger partial charge in [-0.05, 0) is 13.8 Å². The molecule has 0 saturated carbocycles. The van der Waals surface area contributed by atoms with Gasteiger partial charge in [0, 0.05) is 13.1 Å². The van der Waals surface area contributed by atoms with Gasteiger partial charge in [-0.25, -0.2) is 5.84 Å². The molecule has 1 aliphatic heterocycles. The van der Waals surface area contributed by atoms with Gasteiger partial charge in [0.15, 0.2) is 0 Å². The van der Waals surface area contributed by atoms with E-state index >= 15 is 0 Å². The molecule has 1 aromatic heterocycles. The van der Waals surface area contributed by atoms with Gasteiger partial charge in [-0.2, -0.15) is 0 Å². The first-order chi connectivity index (χ1) is 7.59. The maximum Gasteiger partial charge on any atom is 0.219 e. The lowest BCUT2D eigenvalue weighted by molar-refractivity contribution is -0.0883. The summed E-state index contributed by atoms with van der Waals surface area (Å²) >= 11 is 1.49. The summed E-state index contributed by atoms with van der Waals surface area (Å²) in [4.78, 5) is 2.32. The first-order valence-electron chi connectivity index (χ1n) is 5.24. The van der Waals surface area contributed by atoms with Crippen LogP contribution in [0.15, 0.2) is 0 Å². The Kier molecular flexibility index (Phi) is 3.38. The van der Waals surface area contributed by atoms with Crippen LogP contribution in [-0.4, -0.2) is 40.4 Å². The number of nitrogen functional groups attached to an aromatic ring is 1. The second-order valence-electron chi connectivity index (χ2n) is 4.46. The van der Waals surface area contributed by atoms with E-state index in [1.807, 2.05) is 0 Å². The van der Waals surface area contributed by atoms with Crippen molar-refractivity contribution in [1.29, 1.82) is 0 Å². The molecule has 0 atom stereocenters. The minimum absolute atomic E-state index is 0.0715. The van der Waals surface area contributed by atoms with Crippen LogP contribution in [-0.2, 0) is 11.3 Å². The Morgan fingerprint density at radius 3 is 3.00 bits per heavy atom. The van der Waals surface area contributed by atoms with Gasteiger partial charge in [-0.3, -0.25) is 10.3 Å². The summed E-state index contributed by atoms with van der Waals surface area (Å²) in [7, 11) is 0. The quantitative estimate of drug-likeness (QED) is 0.592. The lowest BCUT2D eigenvalue weighted by atomic mass is 10.1. The van der Waals surface area contributed by atoms with Crippen molar-refractivity contribution in [2.45, 2.75) is 26.0 Å². The third-order valence-corrected chi connectivity index (χ3v) is 3.29. The number of nitrogens with zero attached hydrogens (tertiary/aromatic N) is 3. The van der Waals surface area contributed by atoms with E-state index in [0.29, 0.717) is 5.13 Å². The van der Waals surface area contributed by atoms with Gasteiger partial charge in [-0.1, -0.05) is 11.3 Å². The van der Waals surface area contributed by atoms with E-state index in [0.717, 1.165) is 31.2 Å². The molecule has 2 rings (SSSR count). The van der Waals surface area contributed by atoms with Crippen LogP contribution >= 0.6 is 11.3 Å². The van der Waals surface area contributed by atoms with Gasteiger partial charge in [0.2, 0.25) is 5.13 Å². The van der Waals surface area contributed by atoms with Crippen molar-refractivity contribution in [2.24, 2.45) is 5.84 Å². The van der Waals surface area contributed by atoms with Gasteiger partial charge >= 0.3 is 0 Å². The molecule has 1 fully saturated rings. The number of anilines is 1. The summed E-state index contributed by atoms with van der Waals surface area (Å²) in [5, 5.41) is 9.62. The van der Waals surface area contributed by atoms with Crippen LogP contribution < -0.4 is 11.3 Å². The van der Waals surface area contributed by atoms with E-state index in [1.54, 1.807) is 0 Å². The zero-order valence-corrected chi connectivity index (χ0v) is 10.4. The fourth-order valence-corrected chi connectivity index (χ4v) is 2.51. The average Bonchev–Trinajstić information content (AvgIpc) is 2.64. The first-order valence-corrected chi connectivity index (χ1v) is 6.06. The Hall–Kier alpha value is -0.760. The number of hydrogen-bond acceptors (Lipinski definition) is 7. The van der Waals surface area contributed by atoms with Crippen LogP contribution in [0.4, 0.5) is 5.13 Å². The molecule has 3 N–H and O–H groups in total. The number of nitrogens with one attached hydrogen (secondary N) is 1. The second-order valence-corrected chi connectivity index (χ2v) is 5.53. The van der Waals surface area contributed by atoms with Crippen LogP contribution in [0.25, 0.3) is 0 Å². The second kappa shape index (κ2) is 4.62. The largest absolute Gasteiger partial charge is 0.373 e. The molecule has 0 unspecified atom stereocenters. The van der Waals surface area contributed by atoms with E-state index in [9.17, 15) is 0 Å². The number of aromatic nitrogens is 2. The fourth-order valence-electron chi connectivity index (χ4n) is 1.82. The minimum atomic E-state index is -0.0715. The number of morpholine rings is 1. The standard InChI is InChI=1S/C9H17N5OS/c1-9(2)6-14(3-4-15-9)5-7-12-13-8(11-10)16-7/h3-6,10H2,1-2H3,(H,11,13). The highest BCUT2D eigenvalue weighted by atomic mass is 32.1. The molecule has 2 heterocycles. The van der Waals surface area contributed by atoms with Gasteiger partial charge in [0.25, 0.3) is 0 Å². The monoisotopic (exact) mass is 243 g/mol. The lowest BCUT2D eigenvalue weighted by Crippen LogP contribution is -2.47. The molecule has 1 saturated heterocycles. The average molecular weight is 243 g/mol. The number of hydrogen-bond donors (Lipinski definition) is 2. The van der Waals surface area contributed by atoms with E-state index in [4.69, 9.17) is 10.6 Å². The number of rotatable bonds is 3. The molecule has 0 amide bonds. The predicted octanol–water partition coefficient (Wildman–Crippen LogP) is 0.434. The molecule has 1 aromatic rings. The molecule has 7 heteroatoms. The Morgan fingerprint density at radius 2 is 2.38 bits per heavy atom. The van der Waals surface area contributed by atoms with Crippen molar-refractivity contribution in [1.82, 2.24) is 15.1 Å². The van der Waals surface area contributed by atoms with Crippen molar-refractivity contribution in [2.75, 3.05) is 25.1 Å². The van der Waals surface area contributed by atoms with Crippen LogP contribution in [0.3, 0.4) is 0 Å².